The Bertz CT molecular complexity index is 1470. The second-order valence-electron chi connectivity index (χ2n) is 7.09. The Hall–Kier alpha value is -3.97. The van der Waals surface area contributed by atoms with E-state index in [1.165, 1.54) is 15.9 Å². The van der Waals surface area contributed by atoms with Gasteiger partial charge in [-0.2, -0.15) is 9.50 Å². The highest BCUT2D eigenvalue weighted by Gasteiger charge is 2.14. The highest BCUT2D eigenvalue weighted by molar-refractivity contribution is 7.15. The van der Waals surface area contributed by atoms with E-state index in [-0.39, 0.29) is 5.56 Å². The van der Waals surface area contributed by atoms with Crippen LogP contribution in [-0.2, 0) is 6.61 Å². The summed E-state index contributed by atoms with van der Waals surface area (Å²) in [7, 11) is 1.60. The van der Waals surface area contributed by atoms with E-state index < -0.39 is 0 Å². The van der Waals surface area contributed by atoms with Crippen molar-refractivity contribution >= 4 is 22.4 Å². The van der Waals surface area contributed by atoms with Crippen LogP contribution >= 0.6 is 11.3 Å². The first-order valence-corrected chi connectivity index (χ1v) is 10.8. The summed E-state index contributed by atoms with van der Waals surface area (Å²) in [6, 6.07) is 25.1. The van der Waals surface area contributed by atoms with Crippen molar-refractivity contribution in [1.82, 2.24) is 14.6 Å². The van der Waals surface area contributed by atoms with Crippen LogP contribution in [0, 0.1) is 0 Å². The first kappa shape index (κ1) is 20.0. The van der Waals surface area contributed by atoms with Crippen molar-refractivity contribution in [2.24, 2.45) is 0 Å². The maximum absolute atomic E-state index is 12.8. The Balaban J connectivity index is 1.38. The molecular weight excluding hydrogens is 422 g/mol. The predicted molar refractivity (Wildman–Crippen MR) is 125 cm³/mol. The van der Waals surface area contributed by atoms with Crippen molar-refractivity contribution in [1.29, 1.82) is 0 Å². The molecule has 0 aliphatic heterocycles. The highest BCUT2D eigenvalue weighted by atomic mass is 32.1. The summed E-state index contributed by atoms with van der Waals surface area (Å²) in [6.45, 7) is 0.511. The Morgan fingerprint density at radius 1 is 0.969 bits per heavy atom. The van der Waals surface area contributed by atoms with E-state index in [2.05, 4.69) is 10.1 Å². The van der Waals surface area contributed by atoms with E-state index >= 15 is 0 Å². The van der Waals surface area contributed by atoms with Gasteiger partial charge >= 0.3 is 0 Å². The van der Waals surface area contributed by atoms with Crippen molar-refractivity contribution in [2.45, 2.75) is 6.61 Å². The summed E-state index contributed by atoms with van der Waals surface area (Å²) in [5.74, 6) is 1.91. The summed E-state index contributed by atoms with van der Waals surface area (Å²) in [6.07, 6.45) is 1.84. The van der Waals surface area contributed by atoms with Crippen LogP contribution in [0.15, 0.2) is 83.7 Å². The van der Waals surface area contributed by atoms with E-state index in [0.717, 1.165) is 22.4 Å². The van der Waals surface area contributed by atoms with E-state index in [9.17, 15) is 4.79 Å². The van der Waals surface area contributed by atoms with Crippen LogP contribution in [0.4, 0.5) is 0 Å². The number of para-hydroxylation sites is 1. The van der Waals surface area contributed by atoms with Gasteiger partial charge in [0.05, 0.1) is 17.2 Å². The van der Waals surface area contributed by atoms with Crippen molar-refractivity contribution in [3.63, 3.8) is 0 Å². The third-order valence-electron chi connectivity index (χ3n) is 4.96. The summed E-state index contributed by atoms with van der Waals surface area (Å²) in [5, 5.41) is 4.40. The number of ether oxygens (including phenoxy) is 2. The van der Waals surface area contributed by atoms with Gasteiger partial charge in [-0.15, -0.1) is 5.10 Å². The molecule has 3 aromatic carbocycles. The monoisotopic (exact) mass is 441 g/mol. The highest BCUT2D eigenvalue weighted by Crippen LogP contribution is 2.27. The molecule has 0 bridgehead atoms. The molecule has 158 valence electrons. The van der Waals surface area contributed by atoms with Crippen molar-refractivity contribution < 1.29 is 9.47 Å². The lowest BCUT2D eigenvalue weighted by Crippen LogP contribution is -2.23. The molecule has 2 aromatic heterocycles. The normalized spacial score (nSPS) is 11.7. The molecule has 0 fully saturated rings. The van der Waals surface area contributed by atoms with E-state index in [1.54, 1.807) is 7.11 Å². The molecule has 0 aliphatic carbocycles. The molecule has 32 heavy (non-hydrogen) atoms. The van der Waals surface area contributed by atoms with Gasteiger partial charge in [0.2, 0.25) is 4.96 Å². The number of thiazole rings is 1. The van der Waals surface area contributed by atoms with Crippen LogP contribution < -0.4 is 19.6 Å². The van der Waals surface area contributed by atoms with Crippen molar-refractivity contribution in [3.05, 3.63) is 105 Å². The topological polar surface area (TPSA) is 65.7 Å². The van der Waals surface area contributed by atoms with Gasteiger partial charge in [-0.3, -0.25) is 4.79 Å². The summed E-state index contributed by atoms with van der Waals surface area (Å²) >= 11 is 1.31. The van der Waals surface area contributed by atoms with Gasteiger partial charge in [0.15, 0.2) is 5.82 Å². The molecule has 0 amide bonds. The first-order chi connectivity index (χ1) is 15.7. The zero-order valence-electron chi connectivity index (χ0n) is 17.3. The smallest absolute Gasteiger partial charge is 0.291 e. The molecule has 0 aliphatic rings. The molecule has 5 aromatic rings. The van der Waals surface area contributed by atoms with Crippen LogP contribution in [0.1, 0.15) is 11.1 Å². The zero-order chi connectivity index (χ0) is 21.9. The van der Waals surface area contributed by atoms with E-state index in [1.807, 2.05) is 84.9 Å². The standard InChI is InChI=1S/C25H19N3O3S/c1-30-21-10-6-5-9-20(21)23-26-25-28(27-23)24(29)22(32-25)15-17-11-13-19(14-12-17)31-16-18-7-3-2-4-8-18/h2-15H,16H2,1H3. The zero-order valence-corrected chi connectivity index (χ0v) is 18.1. The molecule has 5 rings (SSSR count). The van der Waals surface area contributed by atoms with Gasteiger partial charge < -0.3 is 9.47 Å². The van der Waals surface area contributed by atoms with Crippen LogP contribution in [0.3, 0.4) is 0 Å². The number of hydrogen-bond acceptors (Lipinski definition) is 6. The van der Waals surface area contributed by atoms with Crippen molar-refractivity contribution in [3.8, 4) is 22.9 Å². The number of hydrogen-bond donors (Lipinski definition) is 0. The second kappa shape index (κ2) is 8.64. The molecule has 7 heteroatoms. The lowest BCUT2D eigenvalue weighted by atomic mass is 10.2. The molecule has 0 spiro atoms. The minimum Gasteiger partial charge on any atom is -0.496 e. The molecular formula is C25H19N3O3S. The average Bonchev–Trinajstić information content (AvgIpc) is 3.38. The Morgan fingerprint density at radius 2 is 1.72 bits per heavy atom. The van der Waals surface area contributed by atoms with Gasteiger partial charge in [0.1, 0.15) is 18.1 Å². The summed E-state index contributed by atoms with van der Waals surface area (Å²) in [4.78, 5) is 17.9. The average molecular weight is 442 g/mol. The van der Waals surface area contributed by atoms with Gasteiger partial charge in [-0.25, -0.2) is 0 Å². The maximum atomic E-state index is 12.8. The quantitative estimate of drug-likeness (QED) is 0.399. The lowest BCUT2D eigenvalue weighted by Gasteiger charge is -2.06. The van der Waals surface area contributed by atoms with Gasteiger partial charge in [0.25, 0.3) is 5.56 Å². The Labute approximate surface area is 188 Å². The molecule has 6 nitrogen and oxygen atoms in total. The van der Waals surface area contributed by atoms with Crippen LogP contribution in [0.5, 0.6) is 11.5 Å². The lowest BCUT2D eigenvalue weighted by molar-refractivity contribution is 0.306. The number of fused-ring (bicyclic) bond motifs is 1. The second-order valence-corrected chi connectivity index (χ2v) is 8.10. The minimum atomic E-state index is -0.192. The SMILES string of the molecule is COc1ccccc1-c1nc2sc(=Cc3ccc(OCc4ccccc4)cc3)c(=O)n2n1. The molecule has 0 radical (unpaired) electrons. The molecule has 0 saturated carbocycles. The minimum absolute atomic E-state index is 0.192. The third-order valence-corrected chi connectivity index (χ3v) is 5.92. The van der Waals surface area contributed by atoms with Crippen LogP contribution in [0.25, 0.3) is 22.4 Å². The van der Waals surface area contributed by atoms with Crippen LogP contribution in [0.2, 0.25) is 0 Å². The van der Waals surface area contributed by atoms with Crippen LogP contribution in [-0.4, -0.2) is 21.7 Å². The molecule has 0 unspecified atom stereocenters. The molecule has 0 N–H and O–H groups in total. The molecule has 0 atom stereocenters. The molecule has 0 saturated heterocycles. The largest absolute Gasteiger partial charge is 0.496 e. The maximum Gasteiger partial charge on any atom is 0.291 e. The fourth-order valence-electron chi connectivity index (χ4n) is 3.33. The Morgan fingerprint density at radius 3 is 2.47 bits per heavy atom. The predicted octanol–water partition coefficient (Wildman–Crippen LogP) is 3.95. The first-order valence-electron chi connectivity index (χ1n) is 10.0. The number of nitrogens with zero attached hydrogens (tertiary/aromatic N) is 3. The molecule has 2 heterocycles. The van der Waals surface area contributed by atoms with Crippen molar-refractivity contribution in [2.75, 3.05) is 7.11 Å². The fourth-order valence-corrected chi connectivity index (χ4v) is 4.24. The van der Waals surface area contributed by atoms with Gasteiger partial charge in [-0.1, -0.05) is 65.9 Å². The summed E-state index contributed by atoms with van der Waals surface area (Å²) < 4.78 is 13.1. The third kappa shape index (κ3) is 3.98. The number of benzene rings is 3. The van der Waals surface area contributed by atoms with Gasteiger partial charge in [-0.05, 0) is 41.5 Å². The fraction of sp³-hybridized carbons (Fsp3) is 0.0800. The van der Waals surface area contributed by atoms with E-state index in [0.29, 0.717) is 27.7 Å². The number of aromatic nitrogens is 3. The van der Waals surface area contributed by atoms with Gasteiger partial charge in [0, 0.05) is 0 Å². The Kier molecular flexibility index (Phi) is 5.39. The summed E-state index contributed by atoms with van der Waals surface area (Å²) in [5.41, 5.74) is 2.58. The number of methoxy groups -OCH3 is 1. The van der Waals surface area contributed by atoms with E-state index in [4.69, 9.17) is 9.47 Å². The number of rotatable bonds is 6.